The molecule has 3 heterocycles. The van der Waals surface area contributed by atoms with Gasteiger partial charge in [0.2, 0.25) is 0 Å². The topological polar surface area (TPSA) is 41.1 Å². The molecule has 1 aromatic rings. The van der Waals surface area contributed by atoms with E-state index in [9.17, 15) is 13.2 Å². The Kier molecular flexibility index (Phi) is 3.77. The molecule has 4 nitrogen and oxygen atoms in total. The molecule has 0 radical (unpaired) electrons. The Morgan fingerprint density at radius 1 is 1.05 bits per heavy atom. The van der Waals surface area contributed by atoms with Crippen LogP contribution >= 0.6 is 0 Å². The molecule has 0 saturated carbocycles. The van der Waals surface area contributed by atoms with Gasteiger partial charge in [-0.05, 0) is 44.2 Å². The number of rotatable bonds is 1. The van der Waals surface area contributed by atoms with Crippen LogP contribution in [0.4, 0.5) is 19.0 Å². The van der Waals surface area contributed by atoms with Crippen LogP contribution in [0.5, 0.6) is 0 Å². The van der Waals surface area contributed by atoms with Crippen molar-refractivity contribution in [1.29, 1.82) is 0 Å². The molecule has 0 aromatic carbocycles. The molecule has 21 heavy (non-hydrogen) atoms. The first-order chi connectivity index (χ1) is 9.99. The highest BCUT2D eigenvalue weighted by molar-refractivity contribution is 5.37. The fourth-order valence-electron chi connectivity index (χ4n) is 3.31. The third-order valence-corrected chi connectivity index (χ3v) is 4.72. The van der Waals surface area contributed by atoms with E-state index >= 15 is 0 Å². The zero-order chi connectivity index (χ0) is 14.9. The van der Waals surface area contributed by atoms with Crippen molar-refractivity contribution in [3.05, 3.63) is 18.1 Å². The minimum Gasteiger partial charge on any atom is -0.355 e. The van der Waals surface area contributed by atoms with Gasteiger partial charge >= 0.3 is 6.18 Å². The molecule has 1 N–H and O–H groups in total. The molecular formula is C14H19F3N4. The lowest BCUT2D eigenvalue weighted by molar-refractivity contribution is -0.141. The maximum absolute atomic E-state index is 12.7. The Morgan fingerprint density at radius 3 is 2.33 bits per heavy atom. The number of hydrogen-bond acceptors (Lipinski definition) is 4. The van der Waals surface area contributed by atoms with Gasteiger partial charge in [0.1, 0.15) is 5.82 Å². The van der Waals surface area contributed by atoms with Crippen molar-refractivity contribution in [2.24, 2.45) is 5.41 Å². The summed E-state index contributed by atoms with van der Waals surface area (Å²) in [4.78, 5) is 9.35. The van der Waals surface area contributed by atoms with Crippen molar-refractivity contribution in [2.75, 3.05) is 31.1 Å². The normalized spacial score (nSPS) is 22.5. The number of nitrogens with one attached hydrogen (secondary N) is 1. The van der Waals surface area contributed by atoms with E-state index in [1.807, 2.05) is 4.90 Å². The van der Waals surface area contributed by atoms with Gasteiger partial charge < -0.3 is 10.2 Å². The van der Waals surface area contributed by atoms with E-state index in [1.54, 1.807) is 0 Å². The number of alkyl halides is 3. The van der Waals surface area contributed by atoms with Crippen molar-refractivity contribution >= 4 is 5.82 Å². The van der Waals surface area contributed by atoms with E-state index in [-0.39, 0.29) is 0 Å². The standard InChI is InChI=1S/C14H19F3N4/c15-14(16,17)11-9-19-10-12(20-11)21-7-3-13(4-8-21)1-5-18-6-2-13/h9-10,18H,1-8H2. The van der Waals surface area contributed by atoms with Gasteiger partial charge in [-0.1, -0.05) is 0 Å². The second-order valence-corrected chi connectivity index (χ2v) is 6.00. The Hall–Kier alpha value is -1.37. The van der Waals surface area contributed by atoms with Crippen LogP contribution in [-0.4, -0.2) is 36.1 Å². The summed E-state index contributed by atoms with van der Waals surface area (Å²) >= 11 is 0. The van der Waals surface area contributed by atoms with Crippen LogP contribution in [0.2, 0.25) is 0 Å². The van der Waals surface area contributed by atoms with Crippen LogP contribution in [0.1, 0.15) is 31.4 Å². The van der Waals surface area contributed by atoms with Gasteiger partial charge in [-0.25, -0.2) is 4.98 Å². The fourth-order valence-corrected chi connectivity index (χ4v) is 3.31. The van der Waals surface area contributed by atoms with Crippen LogP contribution in [0.15, 0.2) is 12.4 Å². The van der Waals surface area contributed by atoms with Crippen LogP contribution in [0, 0.1) is 5.41 Å². The summed E-state index contributed by atoms with van der Waals surface area (Å²) in [6, 6.07) is 0. The molecule has 1 aromatic heterocycles. The molecule has 0 unspecified atom stereocenters. The van der Waals surface area contributed by atoms with Crippen molar-refractivity contribution in [1.82, 2.24) is 15.3 Å². The van der Waals surface area contributed by atoms with Crippen LogP contribution in [0.25, 0.3) is 0 Å². The monoisotopic (exact) mass is 300 g/mol. The molecular weight excluding hydrogens is 281 g/mol. The molecule has 0 atom stereocenters. The first-order valence-electron chi connectivity index (χ1n) is 7.34. The summed E-state index contributed by atoms with van der Waals surface area (Å²) in [5.74, 6) is 0.341. The minimum absolute atomic E-state index is 0.341. The highest BCUT2D eigenvalue weighted by atomic mass is 19.4. The number of nitrogens with zero attached hydrogens (tertiary/aromatic N) is 3. The lowest BCUT2D eigenvalue weighted by atomic mass is 9.71. The molecule has 7 heteroatoms. The molecule has 116 valence electrons. The first kappa shape index (κ1) is 14.6. The van der Waals surface area contributed by atoms with Gasteiger partial charge in [-0.15, -0.1) is 0 Å². The van der Waals surface area contributed by atoms with Gasteiger partial charge in [0.15, 0.2) is 5.69 Å². The second kappa shape index (κ2) is 5.44. The van der Waals surface area contributed by atoms with E-state index in [0.717, 1.165) is 58.1 Å². The predicted molar refractivity (Wildman–Crippen MR) is 73.0 cm³/mol. The number of halogens is 3. The highest BCUT2D eigenvalue weighted by Gasteiger charge is 2.37. The molecule has 2 fully saturated rings. The molecule has 2 saturated heterocycles. The molecule has 2 aliphatic rings. The summed E-state index contributed by atoms with van der Waals surface area (Å²) < 4.78 is 38.1. The maximum atomic E-state index is 12.7. The highest BCUT2D eigenvalue weighted by Crippen LogP contribution is 2.40. The van der Waals surface area contributed by atoms with Gasteiger partial charge in [-0.3, -0.25) is 4.98 Å². The summed E-state index contributed by atoms with van der Waals surface area (Å²) in [6.07, 6.45) is 2.13. The zero-order valence-electron chi connectivity index (χ0n) is 11.8. The Bertz CT molecular complexity index is 487. The van der Waals surface area contributed by atoms with Crippen molar-refractivity contribution in [2.45, 2.75) is 31.9 Å². The smallest absolute Gasteiger partial charge is 0.355 e. The summed E-state index contributed by atoms with van der Waals surface area (Å²) in [6.45, 7) is 3.61. The van der Waals surface area contributed by atoms with Crippen LogP contribution < -0.4 is 10.2 Å². The van der Waals surface area contributed by atoms with Crippen molar-refractivity contribution < 1.29 is 13.2 Å². The summed E-state index contributed by atoms with van der Waals surface area (Å²) in [5.41, 5.74) is -0.543. The fraction of sp³-hybridized carbons (Fsp3) is 0.714. The van der Waals surface area contributed by atoms with Gasteiger partial charge in [-0.2, -0.15) is 13.2 Å². The van der Waals surface area contributed by atoms with Crippen LogP contribution in [-0.2, 0) is 6.18 Å². The predicted octanol–water partition coefficient (Wildman–Crippen LogP) is 2.47. The summed E-state index contributed by atoms with van der Waals surface area (Å²) in [7, 11) is 0. The first-order valence-corrected chi connectivity index (χ1v) is 7.34. The second-order valence-electron chi connectivity index (χ2n) is 6.00. The van der Waals surface area contributed by atoms with Crippen molar-refractivity contribution in [3.63, 3.8) is 0 Å². The van der Waals surface area contributed by atoms with Crippen LogP contribution in [0.3, 0.4) is 0 Å². The SMILES string of the molecule is FC(F)(F)c1cncc(N2CCC3(CCNCC3)CC2)n1. The summed E-state index contributed by atoms with van der Waals surface area (Å²) in [5, 5.41) is 3.36. The largest absolute Gasteiger partial charge is 0.434 e. The molecule has 0 amide bonds. The van der Waals surface area contributed by atoms with Crippen molar-refractivity contribution in [3.8, 4) is 0 Å². The molecule has 0 aliphatic carbocycles. The Morgan fingerprint density at radius 2 is 1.71 bits per heavy atom. The van der Waals surface area contributed by atoms with Gasteiger partial charge in [0, 0.05) is 13.1 Å². The van der Waals surface area contributed by atoms with Gasteiger partial charge in [0.05, 0.1) is 12.4 Å². The molecule has 1 spiro atoms. The van der Waals surface area contributed by atoms with E-state index in [2.05, 4.69) is 15.3 Å². The average Bonchev–Trinajstić information content (AvgIpc) is 2.48. The Labute approximate surface area is 121 Å². The van der Waals surface area contributed by atoms with Gasteiger partial charge in [0.25, 0.3) is 0 Å². The Balaban J connectivity index is 1.69. The zero-order valence-corrected chi connectivity index (χ0v) is 11.8. The molecule has 0 bridgehead atoms. The third-order valence-electron chi connectivity index (χ3n) is 4.72. The average molecular weight is 300 g/mol. The lowest BCUT2D eigenvalue weighted by Gasteiger charge is -2.44. The van der Waals surface area contributed by atoms with E-state index in [4.69, 9.17) is 0 Å². The maximum Gasteiger partial charge on any atom is 0.434 e. The van der Waals surface area contributed by atoms with E-state index < -0.39 is 11.9 Å². The quantitative estimate of drug-likeness (QED) is 0.865. The lowest BCUT2D eigenvalue weighted by Crippen LogP contribution is -2.45. The molecule has 3 rings (SSSR count). The number of anilines is 1. The van der Waals surface area contributed by atoms with E-state index in [0.29, 0.717) is 11.2 Å². The minimum atomic E-state index is -4.44. The number of aromatic nitrogens is 2. The number of piperidine rings is 2. The number of hydrogen-bond donors (Lipinski definition) is 1. The molecule has 2 aliphatic heterocycles. The third kappa shape index (κ3) is 3.12. The van der Waals surface area contributed by atoms with E-state index in [1.165, 1.54) is 6.20 Å².